The summed E-state index contributed by atoms with van der Waals surface area (Å²) >= 11 is 10.7. The van der Waals surface area contributed by atoms with Gasteiger partial charge < -0.3 is 0 Å². The van der Waals surface area contributed by atoms with Gasteiger partial charge in [0.15, 0.2) is 5.78 Å². The van der Waals surface area contributed by atoms with E-state index in [1.807, 2.05) is 22.6 Å². The predicted molar refractivity (Wildman–Crippen MR) is 82.2 cm³/mol. The molecule has 0 saturated heterocycles. The summed E-state index contributed by atoms with van der Waals surface area (Å²) in [5.74, 6) is -0.941. The molecule has 2 rings (SSSR count). The highest BCUT2D eigenvalue weighted by atomic mass is 127. The Balaban J connectivity index is 2.36. The number of nitrogens with zero attached hydrogens (tertiary/aromatic N) is 2. The molecule has 0 aliphatic carbocycles. The molecule has 1 atom stereocenters. The lowest BCUT2D eigenvalue weighted by molar-refractivity contribution is 0.0986. The fraction of sp³-hybridized carbons (Fsp3) is 0.0833. The quantitative estimate of drug-likeness (QED) is 0.302. The molecule has 0 radical (unpaired) electrons. The van der Waals surface area contributed by atoms with Crippen molar-refractivity contribution in [2.24, 2.45) is 0 Å². The maximum atomic E-state index is 13.9. The molecule has 7 heteroatoms. The van der Waals surface area contributed by atoms with Gasteiger partial charge in [-0.2, -0.15) is 0 Å². The number of aromatic nitrogens is 2. The monoisotopic (exact) mass is 454 g/mol. The van der Waals surface area contributed by atoms with E-state index in [1.165, 1.54) is 12.3 Å². The van der Waals surface area contributed by atoms with Gasteiger partial charge in [0.25, 0.3) is 0 Å². The summed E-state index contributed by atoms with van der Waals surface area (Å²) in [6, 6.07) is 6.22. The Bertz CT molecular complexity index is 641. The molecular weight excluding hydrogens is 449 g/mol. The van der Waals surface area contributed by atoms with Crippen LogP contribution in [0.2, 0.25) is 5.28 Å². The largest absolute Gasteiger partial charge is 0.292 e. The van der Waals surface area contributed by atoms with Crippen molar-refractivity contribution in [1.29, 1.82) is 0 Å². The Kier molecular flexibility index (Phi) is 4.86. The Morgan fingerprint density at radius 2 is 2.16 bits per heavy atom. The van der Waals surface area contributed by atoms with Crippen LogP contribution in [0.15, 0.2) is 30.5 Å². The van der Waals surface area contributed by atoms with Crippen LogP contribution in [-0.4, -0.2) is 15.8 Å². The molecule has 98 valence electrons. The Morgan fingerprint density at radius 1 is 1.42 bits per heavy atom. The molecule has 1 unspecified atom stereocenters. The second kappa shape index (κ2) is 6.23. The summed E-state index contributed by atoms with van der Waals surface area (Å²) in [7, 11) is 0. The van der Waals surface area contributed by atoms with Crippen LogP contribution >= 0.6 is 50.1 Å². The summed E-state index contributed by atoms with van der Waals surface area (Å²) in [5.41, 5.74) is 0.409. The lowest BCUT2D eigenvalue weighted by Gasteiger charge is -2.09. The SMILES string of the molecule is O=C(c1cccc(I)c1F)C(Br)c1ccnc(Cl)n1. The molecule has 3 nitrogen and oxygen atoms in total. The van der Waals surface area contributed by atoms with Gasteiger partial charge in [-0.1, -0.05) is 22.0 Å². The number of alkyl halides is 1. The Labute approximate surface area is 135 Å². The topological polar surface area (TPSA) is 42.9 Å². The maximum absolute atomic E-state index is 13.9. The smallest absolute Gasteiger partial charge is 0.222 e. The number of carbonyl (C=O) groups excluding carboxylic acids is 1. The average molecular weight is 455 g/mol. The molecule has 1 heterocycles. The van der Waals surface area contributed by atoms with Gasteiger partial charge in [-0.05, 0) is 52.4 Å². The van der Waals surface area contributed by atoms with Crippen LogP contribution in [-0.2, 0) is 0 Å². The van der Waals surface area contributed by atoms with E-state index in [0.29, 0.717) is 9.26 Å². The second-order valence-electron chi connectivity index (χ2n) is 3.58. The van der Waals surface area contributed by atoms with Crippen LogP contribution in [0.25, 0.3) is 0 Å². The molecule has 0 saturated carbocycles. The molecular formula is C12H6BrClFIN2O. The first-order valence-corrected chi connectivity index (χ1v) is 7.48. The van der Waals surface area contributed by atoms with Crippen LogP contribution < -0.4 is 0 Å². The highest BCUT2D eigenvalue weighted by Crippen LogP contribution is 2.28. The third-order valence-electron chi connectivity index (χ3n) is 2.35. The number of halogens is 4. The summed E-state index contributed by atoms with van der Waals surface area (Å²) < 4.78 is 14.3. The van der Waals surface area contributed by atoms with Crippen molar-refractivity contribution in [3.63, 3.8) is 0 Å². The minimum absolute atomic E-state index is 0.0171. The molecule has 19 heavy (non-hydrogen) atoms. The summed E-state index contributed by atoms with van der Waals surface area (Å²) in [4.78, 5) is 19.1. The standard InChI is InChI=1S/C12H6BrClFIN2O/c13-9(8-4-5-17-12(14)18-8)11(19)6-2-1-3-7(16)10(6)15/h1-5,9H. The van der Waals surface area contributed by atoms with E-state index >= 15 is 0 Å². The minimum atomic E-state index is -0.763. The van der Waals surface area contributed by atoms with E-state index in [2.05, 4.69) is 25.9 Å². The van der Waals surface area contributed by atoms with E-state index in [1.54, 1.807) is 18.2 Å². The number of hydrogen-bond acceptors (Lipinski definition) is 3. The molecule has 1 aromatic carbocycles. The average Bonchev–Trinajstić information content (AvgIpc) is 2.40. The first kappa shape index (κ1) is 14.8. The van der Waals surface area contributed by atoms with E-state index in [0.717, 1.165) is 0 Å². The number of Topliss-reactive ketones (excluding diaryl/α,β-unsaturated/α-hetero) is 1. The zero-order chi connectivity index (χ0) is 14.0. The van der Waals surface area contributed by atoms with Crippen molar-refractivity contribution in [2.75, 3.05) is 0 Å². The summed E-state index contributed by atoms with van der Waals surface area (Å²) in [6.45, 7) is 0. The van der Waals surface area contributed by atoms with E-state index in [4.69, 9.17) is 11.6 Å². The zero-order valence-electron chi connectivity index (χ0n) is 9.28. The fourth-order valence-corrected chi connectivity index (χ4v) is 2.61. The minimum Gasteiger partial charge on any atom is -0.292 e. The number of carbonyl (C=O) groups is 1. The third-order valence-corrected chi connectivity index (χ3v) is 4.25. The number of hydrogen-bond donors (Lipinski definition) is 0. The van der Waals surface area contributed by atoms with Gasteiger partial charge in [0.1, 0.15) is 10.6 Å². The van der Waals surface area contributed by atoms with Gasteiger partial charge in [0.2, 0.25) is 5.28 Å². The van der Waals surface area contributed by atoms with Crippen molar-refractivity contribution in [1.82, 2.24) is 9.97 Å². The van der Waals surface area contributed by atoms with Crippen molar-refractivity contribution in [3.05, 3.63) is 56.4 Å². The number of rotatable bonds is 3. The van der Waals surface area contributed by atoms with Crippen LogP contribution in [0, 0.1) is 9.39 Å². The number of ketones is 1. The van der Waals surface area contributed by atoms with Gasteiger partial charge in [-0.15, -0.1) is 0 Å². The molecule has 0 amide bonds. The Hall–Kier alpha value is -0.600. The first-order chi connectivity index (χ1) is 9.00. The third kappa shape index (κ3) is 3.29. The molecule has 0 N–H and O–H groups in total. The second-order valence-corrected chi connectivity index (χ2v) is 5.99. The first-order valence-electron chi connectivity index (χ1n) is 5.11. The van der Waals surface area contributed by atoms with Crippen LogP contribution in [0.3, 0.4) is 0 Å². The van der Waals surface area contributed by atoms with Gasteiger partial charge in [0, 0.05) is 9.77 Å². The summed E-state index contributed by atoms with van der Waals surface area (Å²) in [5, 5.41) is 0.0397. The van der Waals surface area contributed by atoms with Crippen molar-refractivity contribution in [2.45, 2.75) is 4.83 Å². The van der Waals surface area contributed by atoms with Gasteiger partial charge in [-0.25, -0.2) is 14.4 Å². The van der Waals surface area contributed by atoms with Crippen LogP contribution in [0.5, 0.6) is 0 Å². The van der Waals surface area contributed by atoms with Crippen LogP contribution in [0.1, 0.15) is 20.9 Å². The number of benzene rings is 1. The fourth-order valence-electron chi connectivity index (χ4n) is 1.45. The van der Waals surface area contributed by atoms with Crippen molar-refractivity contribution >= 4 is 55.9 Å². The zero-order valence-corrected chi connectivity index (χ0v) is 13.8. The van der Waals surface area contributed by atoms with E-state index in [9.17, 15) is 9.18 Å². The summed E-state index contributed by atoms with van der Waals surface area (Å²) in [6.07, 6.45) is 1.44. The lowest BCUT2D eigenvalue weighted by atomic mass is 10.1. The predicted octanol–water partition coefficient (Wildman–Crippen LogP) is 4.19. The van der Waals surface area contributed by atoms with Gasteiger partial charge >= 0.3 is 0 Å². The molecule has 0 fully saturated rings. The highest BCUT2D eigenvalue weighted by molar-refractivity contribution is 14.1. The van der Waals surface area contributed by atoms with Crippen LogP contribution in [0.4, 0.5) is 4.39 Å². The van der Waals surface area contributed by atoms with Crippen molar-refractivity contribution < 1.29 is 9.18 Å². The molecule has 2 aromatic rings. The van der Waals surface area contributed by atoms with Gasteiger partial charge in [-0.3, -0.25) is 4.79 Å². The molecule has 0 bridgehead atoms. The van der Waals surface area contributed by atoms with Crippen molar-refractivity contribution in [3.8, 4) is 0 Å². The van der Waals surface area contributed by atoms with E-state index < -0.39 is 16.4 Å². The normalized spacial score (nSPS) is 12.2. The molecule has 1 aromatic heterocycles. The maximum Gasteiger partial charge on any atom is 0.222 e. The molecule has 0 aliphatic heterocycles. The highest BCUT2D eigenvalue weighted by Gasteiger charge is 2.24. The van der Waals surface area contributed by atoms with Gasteiger partial charge in [0.05, 0.1) is 11.3 Å². The Morgan fingerprint density at radius 3 is 2.84 bits per heavy atom. The molecule has 0 spiro atoms. The lowest BCUT2D eigenvalue weighted by Crippen LogP contribution is -2.11. The van der Waals surface area contributed by atoms with E-state index in [-0.39, 0.29) is 10.8 Å². The molecule has 0 aliphatic rings.